The highest BCUT2D eigenvalue weighted by Gasteiger charge is 2.29. The molecule has 0 bridgehead atoms. The standard InChI is InChI=1S/C27H23N7O6/c1-13-15-6-7-18(17(15)5-4-16(13)25(37)38)31-24(36)21-10-19(32-26-29-12-30-34(21)26)23(35)28-11-14-3-8-22-20(9-14)33(2)27(39)40-22/h3-5,8-10,12,18H,6-7,11H2,1-2H3,(H,28,35)(H,31,36)(H,37,38)/t18-/m0/s1. The van der Waals surface area contributed by atoms with Crippen LogP contribution in [0.5, 0.6) is 0 Å². The minimum atomic E-state index is -0.989. The van der Waals surface area contributed by atoms with Crippen LogP contribution in [0.3, 0.4) is 0 Å². The van der Waals surface area contributed by atoms with E-state index in [-0.39, 0.29) is 35.3 Å². The number of hydrogen-bond donors (Lipinski definition) is 3. The van der Waals surface area contributed by atoms with Gasteiger partial charge in [0.05, 0.1) is 17.1 Å². The zero-order valence-electron chi connectivity index (χ0n) is 21.5. The van der Waals surface area contributed by atoms with Gasteiger partial charge in [-0.1, -0.05) is 12.1 Å². The lowest BCUT2D eigenvalue weighted by atomic mass is 9.98. The quantitative estimate of drug-likeness (QED) is 0.290. The number of carbonyl (C=O) groups is 3. The van der Waals surface area contributed by atoms with Gasteiger partial charge in [-0.25, -0.2) is 14.6 Å². The number of carbonyl (C=O) groups excluding carboxylic acids is 2. The van der Waals surface area contributed by atoms with Gasteiger partial charge < -0.3 is 20.2 Å². The van der Waals surface area contributed by atoms with E-state index >= 15 is 0 Å². The lowest BCUT2D eigenvalue weighted by Crippen LogP contribution is -2.30. The molecule has 3 N–H and O–H groups in total. The molecule has 0 radical (unpaired) electrons. The molecule has 2 amide bonds. The second kappa shape index (κ2) is 9.45. The molecule has 13 heteroatoms. The number of carboxylic acids is 1. The van der Waals surface area contributed by atoms with Crippen LogP contribution in [0.1, 0.15) is 66.1 Å². The summed E-state index contributed by atoms with van der Waals surface area (Å²) in [6, 6.07) is 9.45. The molecule has 202 valence electrons. The average molecular weight is 542 g/mol. The van der Waals surface area contributed by atoms with Crippen LogP contribution in [0.25, 0.3) is 16.9 Å². The Morgan fingerprint density at radius 3 is 2.77 bits per heavy atom. The predicted molar refractivity (Wildman–Crippen MR) is 140 cm³/mol. The lowest BCUT2D eigenvalue weighted by molar-refractivity contribution is 0.0695. The van der Waals surface area contributed by atoms with Crippen LogP contribution in [-0.4, -0.2) is 47.0 Å². The summed E-state index contributed by atoms with van der Waals surface area (Å²) in [6.07, 6.45) is 2.48. The fourth-order valence-corrected chi connectivity index (χ4v) is 5.14. The van der Waals surface area contributed by atoms with Crippen molar-refractivity contribution in [3.05, 3.63) is 92.5 Å². The number of nitrogens with one attached hydrogen (secondary N) is 2. The Balaban J connectivity index is 1.23. The lowest BCUT2D eigenvalue weighted by Gasteiger charge is -2.16. The number of aromatic nitrogens is 5. The highest BCUT2D eigenvalue weighted by atomic mass is 16.4. The van der Waals surface area contributed by atoms with Crippen LogP contribution in [0.15, 0.2) is 51.9 Å². The number of fused-ring (bicyclic) bond motifs is 3. The molecule has 6 rings (SSSR count). The van der Waals surface area contributed by atoms with E-state index in [1.807, 2.05) is 0 Å². The van der Waals surface area contributed by atoms with E-state index in [1.165, 1.54) is 21.5 Å². The average Bonchev–Trinajstić information content (AvgIpc) is 3.65. The number of nitrogens with zero attached hydrogens (tertiary/aromatic N) is 5. The summed E-state index contributed by atoms with van der Waals surface area (Å²) < 4.78 is 7.77. The molecule has 2 aromatic carbocycles. The minimum absolute atomic E-state index is 0.0174. The van der Waals surface area contributed by atoms with Gasteiger partial charge in [-0.2, -0.15) is 14.6 Å². The van der Waals surface area contributed by atoms with E-state index in [9.17, 15) is 24.3 Å². The first-order chi connectivity index (χ1) is 19.2. The molecule has 1 atom stereocenters. The van der Waals surface area contributed by atoms with Crippen LogP contribution in [0.4, 0.5) is 0 Å². The third-order valence-electron chi connectivity index (χ3n) is 7.25. The number of hydrogen-bond acceptors (Lipinski definition) is 8. The molecule has 3 heterocycles. The maximum Gasteiger partial charge on any atom is 0.419 e. The van der Waals surface area contributed by atoms with E-state index in [2.05, 4.69) is 25.7 Å². The van der Waals surface area contributed by atoms with Crippen molar-refractivity contribution in [2.45, 2.75) is 32.4 Å². The second-order valence-electron chi connectivity index (χ2n) is 9.59. The van der Waals surface area contributed by atoms with Crippen LogP contribution < -0.4 is 16.4 Å². The number of aromatic carboxylic acids is 1. The molecular weight excluding hydrogens is 518 g/mol. The van der Waals surface area contributed by atoms with Gasteiger partial charge in [-0.05, 0) is 60.2 Å². The maximum absolute atomic E-state index is 13.4. The maximum atomic E-state index is 13.4. The molecule has 5 aromatic rings. The Morgan fingerprint density at radius 2 is 1.98 bits per heavy atom. The summed E-state index contributed by atoms with van der Waals surface area (Å²) >= 11 is 0. The van der Waals surface area contributed by atoms with Gasteiger partial charge in [0, 0.05) is 19.7 Å². The van der Waals surface area contributed by atoms with Crippen LogP contribution in [-0.2, 0) is 20.0 Å². The molecule has 0 fully saturated rings. The number of amides is 2. The SMILES string of the molecule is Cc1c(C(=O)O)ccc2c1CC[C@@H]2NC(=O)c1cc(C(=O)NCc2ccc3oc(=O)n(C)c3c2)nc2ncnn12. The molecule has 40 heavy (non-hydrogen) atoms. The van der Waals surface area contributed by atoms with E-state index in [0.717, 1.165) is 16.7 Å². The molecular formula is C27H23N7O6. The third-order valence-corrected chi connectivity index (χ3v) is 7.25. The topological polar surface area (TPSA) is 174 Å². The fourth-order valence-electron chi connectivity index (χ4n) is 5.14. The van der Waals surface area contributed by atoms with E-state index < -0.39 is 23.5 Å². The van der Waals surface area contributed by atoms with Gasteiger partial charge in [0.15, 0.2) is 5.58 Å². The van der Waals surface area contributed by atoms with Gasteiger partial charge in [-0.15, -0.1) is 0 Å². The largest absolute Gasteiger partial charge is 0.478 e. The number of benzene rings is 2. The number of oxazole rings is 1. The molecule has 3 aromatic heterocycles. The highest BCUT2D eigenvalue weighted by molar-refractivity contribution is 5.98. The van der Waals surface area contributed by atoms with E-state index in [4.69, 9.17) is 4.42 Å². The number of aryl methyl sites for hydroxylation is 1. The monoisotopic (exact) mass is 541 g/mol. The zero-order valence-corrected chi connectivity index (χ0v) is 21.5. The highest BCUT2D eigenvalue weighted by Crippen LogP contribution is 2.35. The first kappa shape index (κ1) is 25.0. The zero-order chi connectivity index (χ0) is 28.1. The minimum Gasteiger partial charge on any atom is -0.478 e. The van der Waals surface area contributed by atoms with Crippen molar-refractivity contribution in [2.75, 3.05) is 0 Å². The molecule has 0 aliphatic heterocycles. The van der Waals surface area contributed by atoms with Crippen LogP contribution >= 0.6 is 0 Å². The van der Waals surface area contributed by atoms with Gasteiger partial charge in [0.2, 0.25) is 0 Å². The van der Waals surface area contributed by atoms with Crippen molar-refractivity contribution in [1.82, 2.24) is 34.8 Å². The summed E-state index contributed by atoms with van der Waals surface area (Å²) in [5, 5.41) is 19.3. The Labute approximate surface area is 225 Å². The smallest absolute Gasteiger partial charge is 0.419 e. The predicted octanol–water partition coefficient (Wildman–Crippen LogP) is 1.92. The Kier molecular flexibility index (Phi) is 5.90. The van der Waals surface area contributed by atoms with E-state index in [0.29, 0.717) is 29.5 Å². The third kappa shape index (κ3) is 4.17. The number of rotatable bonds is 6. The van der Waals surface area contributed by atoms with Crippen LogP contribution in [0.2, 0.25) is 0 Å². The molecule has 0 spiro atoms. The first-order valence-corrected chi connectivity index (χ1v) is 12.4. The summed E-state index contributed by atoms with van der Waals surface area (Å²) in [4.78, 5) is 58.0. The van der Waals surface area contributed by atoms with Gasteiger partial charge in [-0.3, -0.25) is 14.2 Å². The summed E-state index contributed by atoms with van der Waals surface area (Å²) in [5.74, 6) is -2.38. The van der Waals surface area contributed by atoms with Crippen molar-refractivity contribution in [2.24, 2.45) is 7.05 Å². The summed E-state index contributed by atoms with van der Waals surface area (Å²) in [6.45, 7) is 1.92. The van der Waals surface area contributed by atoms with E-state index in [1.54, 1.807) is 44.3 Å². The molecule has 13 nitrogen and oxygen atoms in total. The van der Waals surface area contributed by atoms with Gasteiger partial charge in [0.25, 0.3) is 17.6 Å². The number of carboxylic acid groups (broad SMARTS) is 1. The van der Waals surface area contributed by atoms with Crippen molar-refractivity contribution < 1.29 is 23.9 Å². The molecule has 0 saturated heterocycles. The Morgan fingerprint density at radius 1 is 1.15 bits per heavy atom. The summed E-state index contributed by atoms with van der Waals surface area (Å²) in [5.41, 5.74) is 4.56. The Bertz CT molecular complexity index is 1920. The normalized spacial score (nSPS) is 14.4. The molecule has 0 unspecified atom stereocenters. The van der Waals surface area contributed by atoms with Gasteiger partial charge >= 0.3 is 11.7 Å². The van der Waals surface area contributed by atoms with Crippen molar-refractivity contribution >= 4 is 34.7 Å². The Hall–Kier alpha value is -5.33. The van der Waals surface area contributed by atoms with Gasteiger partial charge in [0.1, 0.15) is 17.7 Å². The van der Waals surface area contributed by atoms with Crippen molar-refractivity contribution in [3.8, 4) is 0 Å². The molecule has 1 aliphatic rings. The summed E-state index contributed by atoms with van der Waals surface area (Å²) in [7, 11) is 1.60. The molecule has 1 aliphatic carbocycles. The molecule has 0 saturated carbocycles. The first-order valence-electron chi connectivity index (χ1n) is 12.4. The second-order valence-corrected chi connectivity index (χ2v) is 9.59. The van der Waals surface area contributed by atoms with Crippen molar-refractivity contribution in [3.63, 3.8) is 0 Å². The van der Waals surface area contributed by atoms with Crippen LogP contribution in [0, 0.1) is 6.92 Å². The fraction of sp³-hybridized carbons (Fsp3) is 0.222. The van der Waals surface area contributed by atoms with Crippen molar-refractivity contribution in [1.29, 1.82) is 0 Å².